The SMILES string of the molecule is CCCCCCCCCCCCCCCCC(O)C(=O)NCc1ccc(CN)cc1. The van der Waals surface area contributed by atoms with Crippen molar-refractivity contribution in [1.82, 2.24) is 5.32 Å². The summed E-state index contributed by atoms with van der Waals surface area (Å²) >= 11 is 0. The van der Waals surface area contributed by atoms with E-state index in [-0.39, 0.29) is 5.91 Å². The van der Waals surface area contributed by atoms with Crippen molar-refractivity contribution in [2.45, 2.75) is 122 Å². The van der Waals surface area contributed by atoms with Gasteiger partial charge in [-0.1, -0.05) is 121 Å². The average molecular weight is 419 g/mol. The zero-order valence-corrected chi connectivity index (χ0v) is 19.3. The quantitative estimate of drug-likeness (QED) is 0.241. The molecule has 0 radical (unpaired) electrons. The maximum atomic E-state index is 12.0. The molecule has 1 amide bonds. The van der Waals surface area contributed by atoms with Gasteiger partial charge in [0, 0.05) is 13.1 Å². The number of hydrogen-bond donors (Lipinski definition) is 3. The Kier molecular flexibility index (Phi) is 16.3. The Morgan fingerprint density at radius 1 is 0.800 bits per heavy atom. The van der Waals surface area contributed by atoms with Crippen LogP contribution in [0.1, 0.15) is 114 Å². The highest BCUT2D eigenvalue weighted by Crippen LogP contribution is 2.14. The molecule has 0 heterocycles. The molecule has 0 aromatic heterocycles. The Morgan fingerprint density at radius 3 is 1.70 bits per heavy atom. The molecule has 1 rings (SSSR count). The van der Waals surface area contributed by atoms with Crippen LogP contribution >= 0.6 is 0 Å². The van der Waals surface area contributed by atoms with Crippen molar-refractivity contribution in [3.63, 3.8) is 0 Å². The van der Waals surface area contributed by atoms with Crippen LogP contribution in [-0.4, -0.2) is 17.1 Å². The Hall–Kier alpha value is -1.39. The van der Waals surface area contributed by atoms with Crippen LogP contribution in [0.25, 0.3) is 0 Å². The van der Waals surface area contributed by atoms with Gasteiger partial charge in [0.25, 0.3) is 0 Å². The van der Waals surface area contributed by atoms with Crippen LogP contribution in [0, 0.1) is 0 Å². The number of unbranched alkanes of at least 4 members (excludes halogenated alkanes) is 13. The van der Waals surface area contributed by atoms with Gasteiger partial charge in [-0.2, -0.15) is 0 Å². The van der Waals surface area contributed by atoms with Crippen LogP contribution in [0.2, 0.25) is 0 Å². The largest absolute Gasteiger partial charge is 0.383 e. The second-order valence-electron chi connectivity index (χ2n) is 8.64. The lowest BCUT2D eigenvalue weighted by Crippen LogP contribution is -2.34. The molecule has 0 aliphatic heterocycles. The molecule has 4 heteroatoms. The van der Waals surface area contributed by atoms with Crippen LogP contribution < -0.4 is 11.1 Å². The number of aliphatic hydroxyl groups is 1. The van der Waals surface area contributed by atoms with E-state index in [2.05, 4.69) is 12.2 Å². The molecule has 0 aliphatic rings. The fraction of sp³-hybridized carbons (Fsp3) is 0.731. The van der Waals surface area contributed by atoms with Crippen LogP contribution in [0.3, 0.4) is 0 Å². The monoisotopic (exact) mass is 418 g/mol. The predicted molar refractivity (Wildman–Crippen MR) is 127 cm³/mol. The highest BCUT2D eigenvalue weighted by atomic mass is 16.3. The average Bonchev–Trinajstić information content (AvgIpc) is 2.77. The molecule has 0 aliphatic carbocycles. The van der Waals surface area contributed by atoms with Gasteiger partial charge in [0.1, 0.15) is 6.10 Å². The first kappa shape index (κ1) is 26.6. The van der Waals surface area contributed by atoms with Crippen molar-refractivity contribution in [2.24, 2.45) is 5.73 Å². The molecule has 0 fully saturated rings. The van der Waals surface area contributed by atoms with Gasteiger partial charge >= 0.3 is 0 Å². The first-order valence-electron chi connectivity index (χ1n) is 12.4. The van der Waals surface area contributed by atoms with Crippen LogP contribution in [0.15, 0.2) is 24.3 Å². The summed E-state index contributed by atoms with van der Waals surface area (Å²) in [4.78, 5) is 12.0. The van der Waals surface area contributed by atoms with Crippen molar-refractivity contribution >= 4 is 5.91 Å². The van der Waals surface area contributed by atoms with Crippen LogP contribution in [0.5, 0.6) is 0 Å². The highest BCUT2D eigenvalue weighted by molar-refractivity contribution is 5.80. The van der Waals surface area contributed by atoms with E-state index >= 15 is 0 Å². The molecule has 1 aromatic carbocycles. The van der Waals surface area contributed by atoms with Gasteiger partial charge < -0.3 is 16.2 Å². The van der Waals surface area contributed by atoms with Gasteiger partial charge in [0.2, 0.25) is 5.91 Å². The van der Waals surface area contributed by atoms with Crippen molar-refractivity contribution in [3.05, 3.63) is 35.4 Å². The number of carbonyl (C=O) groups excluding carboxylic acids is 1. The Balaban J connectivity index is 1.91. The molecule has 4 nitrogen and oxygen atoms in total. The fourth-order valence-electron chi connectivity index (χ4n) is 3.76. The number of nitrogens with two attached hydrogens (primary N) is 1. The first-order valence-corrected chi connectivity index (χ1v) is 12.4. The summed E-state index contributed by atoms with van der Waals surface area (Å²) < 4.78 is 0. The summed E-state index contributed by atoms with van der Waals surface area (Å²) in [6.07, 6.45) is 18.0. The molecular weight excluding hydrogens is 372 g/mol. The minimum absolute atomic E-state index is 0.271. The van der Waals surface area contributed by atoms with E-state index in [1.54, 1.807) is 0 Å². The smallest absolute Gasteiger partial charge is 0.249 e. The van der Waals surface area contributed by atoms with Crippen molar-refractivity contribution in [1.29, 1.82) is 0 Å². The van der Waals surface area contributed by atoms with E-state index in [0.29, 0.717) is 19.5 Å². The van der Waals surface area contributed by atoms with Crippen molar-refractivity contribution < 1.29 is 9.90 Å². The molecule has 172 valence electrons. The number of benzene rings is 1. The van der Waals surface area contributed by atoms with Gasteiger partial charge in [0.05, 0.1) is 0 Å². The minimum atomic E-state index is -0.898. The van der Waals surface area contributed by atoms with E-state index in [0.717, 1.165) is 24.0 Å². The van der Waals surface area contributed by atoms with Gasteiger partial charge in [0.15, 0.2) is 0 Å². The molecule has 0 saturated heterocycles. The lowest BCUT2D eigenvalue weighted by molar-refractivity contribution is -0.129. The molecule has 4 N–H and O–H groups in total. The maximum absolute atomic E-state index is 12.0. The second-order valence-corrected chi connectivity index (χ2v) is 8.64. The Bertz CT molecular complexity index is 530. The Labute approximate surface area is 185 Å². The minimum Gasteiger partial charge on any atom is -0.383 e. The number of hydrogen-bond acceptors (Lipinski definition) is 3. The van der Waals surface area contributed by atoms with Gasteiger partial charge in [-0.15, -0.1) is 0 Å². The zero-order valence-electron chi connectivity index (χ0n) is 19.3. The molecule has 0 saturated carbocycles. The summed E-state index contributed by atoms with van der Waals surface area (Å²) in [5.74, 6) is -0.271. The van der Waals surface area contributed by atoms with E-state index in [9.17, 15) is 9.90 Å². The third kappa shape index (κ3) is 13.8. The summed E-state index contributed by atoms with van der Waals surface area (Å²) in [7, 11) is 0. The molecular formula is C26H46N2O2. The number of amides is 1. The van der Waals surface area contributed by atoms with E-state index < -0.39 is 6.10 Å². The standard InChI is InChI=1S/C26H46N2O2/c1-2-3-4-5-6-7-8-9-10-11-12-13-14-15-16-25(29)26(30)28-22-24-19-17-23(21-27)18-20-24/h17-20,25,29H,2-16,21-22,27H2,1H3,(H,28,30). The number of rotatable bonds is 19. The normalized spacial score (nSPS) is 12.1. The molecule has 0 bridgehead atoms. The number of carbonyl (C=O) groups is 1. The van der Waals surface area contributed by atoms with Crippen molar-refractivity contribution in [3.8, 4) is 0 Å². The lowest BCUT2D eigenvalue weighted by atomic mass is 10.0. The Morgan fingerprint density at radius 2 is 1.23 bits per heavy atom. The van der Waals surface area contributed by atoms with E-state index in [1.807, 2.05) is 24.3 Å². The van der Waals surface area contributed by atoms with Gasteiger partial charge in [-0.25, -0.2) is 0 Å². The molecule has 30 heavy (non-hydrogen) atoms. The first-order chi connectivity index (χ1) is 14.7. The topological polar surface area (TPSA) is 75.3 Å². The predicted octanol–water partition coefficient (Wildman–Crippen LogP) is 5.99. The summed E-state index contributed by atoms with van der Waals surface area (Å²) in [6, 6.07) is 7.85. The second kappa shape index (κ2) is 18.4. The summed E-state index contributed by atoms with van der Waals surface area (Å²) in [5, 5.41) is 12.9. The lowest BCUT2D eigenvalue weighted by Gasteiger charge is -2.11. The zero-order chi connectivity index (χ0) is 21.9. The maximum Gasteiger partial charge on any atom is 0.249 e. The molecule has 1 atom stereocenters. The molecule has 1 unspecified atom stereocenters. The van der Waals surface area contributed by atoms with Gasteiger partial charge in [-0.05, 0) is 17.5 Å². The van der Waals surface area contributed by atoms with Crippen LogP contribution in [-0.2, 0) is 17.9 Å². The summed E-state index contributed by atoms with van der Waals surface area (Å²) in [6.45, 7) is 3.23. The fourth-order valence-corrected chi connectivity index (χ4v) is 3.76. The molecule has 1 aromatic rings. The van der Waals surface area contributed by atoms with Crippen molar-refractivity contribution in [2.75, 3.05) is 0 Å². The summed E-state index contributed by atoms with van der Waals surface area (Å²) in [5.41, 5.74) is 7.68. The third-order valence-electron chi connectivity index (χ3n) is 5.86. The van der Waals surface area contributed by atoms with Crippen LogP contribution in [0.4, 0.5) is 0 Å². The van der Waals surface area contributed by atoms with E-state index in [4.69, 9.17) is 5.73 Å². The number of nitrogens with one attached hydrogen (secondary N) is 1. The third-order valence-corrected chi connectivity index (χ3v) is 5.86. The van der Waals surface area contributed by atoms with Gasteiger partial charge in [-0.3, -0.25) is 4.79 Å². The highest BCUT2D eigenvalue weighted by Gasteiger charge is 2.13. The van der Waals surface area contributed by atoms with E-state index in [1.165, 1.54) is 77.0 Å². The molecule has 0 spiro atoms. The number of aliphatic hydroxyl groups excluding tert-OH is 1.